The Morgan fingerprint density at radius 2 is 2.07 bits per heavy atom. The molecular weight excluding hydrogens is 338 g/mol. The Labute approximate surface area is 157 Å². The number of rotatable bonds is 4. The van der Waals surface area contributed by atoms with Gasteiger partial charge >= 0.3 is 0 Å². The predicted molar refractivity (Wildman–Crippen MR) is 102 cm³/mol. The standard InChI is InChI=1S/C20H21N7/c1-25-11-15(9-22-25)12-26-8-6-18(13-26)20-23-19-5-4-17(14-27(19)24-20)16-3-2-7-21-10-16/h2-5,7,9-11,14,18H,6,8,12-13H2,1H3. The van der Waals surface area contributed by atoms with Crippen LogP contribution in [0, 0.1) is 0 Å². The minimum atomic E-state index is 0.378. The monoisotopic (exact) mass is 359 g/mol. The van der Waals surface area contributed by atoms with Crippen molar-refractivity contribution in [2.75, 3.05) is 13.1 Å². The van der Waals surface area contributed by atoms with E-state index in [4.69, 9.17) is 10.1 Å². The number of hydrogen-bond acceptors (Lipinski definition) is 5. The van der Waals surface area contributed by atoms with Gasteiger partial charge in [-0.3, -0.25) is 14.6 Å². The normalized spacial score (nSPS) is 17.7. The molecule has 1 atom stereocenters. The Morgan fingerprint density at radius 3 is 2.89 bits per heavy atom. The first kappa shape index (κ1) is 16.1. The molecule has 1 aliphatic rings. The molecule has 0 bridgehead atoms. The fourth-order valence-electron chi connectivity index (χ4n) is 3.78. The second-order valence-corrected chi connectivity index (χ2v) is 7.18. The molecule has 27 heavy (non-hydrogen) atoms. The molecule has 1 saturated heterocycles. The summed E-state index contributed by atoms with van der Waals surface area (Å²) >= 11 is 0. The lowest BCUT2D eigenvalue weighted by atomic mass is 10.1. The second kappa shape index (κ2) is 6.59. The minimum absolute atomic E-state index is 0.378. The fraction of sp³-hybridized carbons (Fsp3) is 0.300. The molecule has 0 spiro atoms. The third-order valence-corrected chi connectivity index (χ3v) is 5.14. The van der Waals surface area contributed by atoms with Crippen LogP contribution in [0.15, 0.2) is 55.2 Å². The van der Waals surface area contributed by atoms with E-state index in [2.05, 4.69) is 33.3 Å². The summed E-state index contributed by atoms with van der Waals surface area (Å²) in [5, 5.41) is 9.02. The molecule has 0 aliphatic carbocycles. The van der Waals surface area contributed by atoms with Crippen molar-refractivity contribution in [1.29, 1.82) is 0 Å². The van der Waals surface area contributed by atoms with Crippen molar-refractivity contribution >= 4 is 5.65 Å². The van der Waals surface area contributed by atoms with Gasteiger partial charge in [-0.2, -0.15) is 10.2 Å². The Hall–Kier alpha value is -3.06. The van der Waals surface area contributed by atoms with Gasteiger partial charge in [-0.1, -0.05) is 6.07 Å². The van der Waals surface area contributed by atoms with Crippen LogP contribution in [-0.2, 0) is 13.6 Å². The van der Waals surface area contributed by atoms with Crippen molar-refractivity contribution in [2.24, 2.45) is 7.05 Å². The van der Waals surface area contributed by atoms with E-state index >= 15 is 0 Å². The molecule has 0 amide bonds. The maximum absolute atomic E-state index is 4.77. The highest BCUT2D eigenvalue weighted by molar-refractivity contribution is 5.63. The van der Waals surface area contributed by atoms with E-state index in [9.17, 15) is 0 Å². The first-order chi connectivity index (χ1) is 13.2. The summed E-state index contributed by atoms with van der Waals surface area (Å²) in [5.74, 6) is 1.32. The van der Waals surface area contributed by atoms with Crippen LogP contribution in [0.1, 0.15) is 23.7 Å². The van der Waals surface area contributed by atoms with Gasteiger partial charge in [-0.05, 0) is 31.2 Å². The molecule has 7 heteroatoms. The molecule has 7 nitrogen and oxygen atoms in total. The molecule has 1 fully saturated rings. The molecular formula is C20H21N7. The summed E-state index contributed by atoms with van der Waals surface area (Å²) in [6.45, 7) is 2.99. The molecule has 0 saturated carbocycles. The molecule has 5 rings (SSSR count). The summed E-state index contributed by atoms with van der Waals surface area (Å²) in [6.07, 6.45) is 10.8. The molecule has 0 aromatic carbocycles. The first-order valence-electron chi connectivity index (χ1n) is 9.21. The van der Waals surface area contributed by atoms with E-state index in [1.165, 1.54) is 5.56 Å². The Morgan fingerprint density at radius 1 is 1.11 bits per heavy atom. The lowest BCUT2D eigenvalue weighted by Crippen LogP contribution is -2.19. The van der Waals surface area contributed by atoms with Crippen molar-refractivity contribution in [1.82, 2.24) is 34.3 Å². The second-order valence-electron chi connectivity index (χ2n) is 7.18. The number of pyridine rings is 2. The van der Waals surface area contributed by atoms with Crippen LogP contribution in [0.3, 0.4) is 0 Å². The number of fused-ring (bicyclic) bond motifs is 1. The van der Waals surface area contributed by atoms with Gasteiger partial charge in [-0.15, -0.1) is 0 Å². The molecule has 0 radical (unpaired) electrons. The molecule has 4 aromatic heterocycles. The molecule has 1 unspecified atom stereocenters. The number of likely N-dealkylation sites (tertiary alicyclic amines) is 1. The summed E-state index contributed by atoms with van der Waals surface area (Å²) in [7, 11) is 1.95. The maximum atomic E-state index is 4.77. The smallest absolute Gasteiger partial charge is 0.156 e. The minimum Gasteiger partial charge on any atom is -0.298 e. The van der Waals surface area contributed by atoms with E-state index in [1.54, 1.807) is 6.20 Å². The van der Waals surface area contributed by atoms with E-state index < -0.39 is 0 Å². The van der Waals surface area contributed by atoms with E-state index in [1.807, 2.05) is 47.0 Å². The first-order valence-corrected chi connectivity index (χ1v) is 9.21. The van der Waals surface area contributed by atoms with Crippen molar-refractivity contribution in [3.63, 3.8) is 0 Å². The quantitative estimate of drug-likeness (QED) is 0.560. The van der Waals surface area contributed by atoms with Crippen LogP contribution in [0.4, 0.5) is 0 Å². The molecule has 5 heterocycles. The average Bonchev–Trinajstić information content (AvgIpc) is 3.41. The highest BCUT2D eigenvalue weighted by atomic mass is 15.3. The largest absolute Gasteiger partial charge is 0.298 e. The highest BCUT2D eigenvalue weighted by Crippen LogP contribution is 2.27. The van der Waals surface area contributed by atoms with E-state index in [-0.39, 0.29) is 0 Å². The molecule has 1 aliphatic heterocycles. The lowest BCUT2D eigenvalue weighted by Gasteiger charge is -2.13. The molecule has 0 N–H and O–H groups in total. The van der Waals surface area contributed by atoms with Gasteiger partial charge in [-0.25, -0.2) is 9.50 Å². The Kier molecular flexibility index (Phi) is 3.94. The van der Waals surface area contributed by atoms with E-state index in [0.717, 1.165) is 48.7 Å². The van der Waals surface area contributed by atoms with Gasteiger partial charge in [0.1, 0.15) is 0 Å². The SMILES string of the molecule is Cn1cc(CN2CCC(c3nc4ccc(-c5cccnc5)cn4n3)C2)cn1. The number of hydrogen-bond donors (Lipinski definition) is 0. The van der Waals surface area contributed by atoms with Crippen molar-refractivity contribution < 1.29 is 0 Å². The third-order valence-electron chi connectivity index (χ3n) is 5.14. The van der Waals surface area contributed by atoms with Crippen molar-refractivity contribution in [2.45, 2.75) is 18.9 Å². The zero-order valence-corrected chi connectivity index (χ0v) is 15.2. The summed E-state index contributed by atoms with van der Waals surface area (Å²) in [5.41, 5.74) is 4.32. The van der Waals surface area contributed by atoms with Gasteiger partial charge in [0.2, 0.25) is 0 Å². The fourth-order valence-corrected chi connectivity index (χ4v) is 3.78. The summed E-state index contributed by atoms with van der Waals surface area (Å²) < 4.78 is 3.74. The zero-order valence-electron chi connectivity index (χ0n) is 15.2. The van der Waals surface area contributed by atoms with Crippen LogP contribution < -0.4 is 0 Å². The number of aryl methyl sites for hydroxylation is 1. The number of nitrogens with zero attached hydrogens (tertiary/aromatic N) is 7. The Balaban J connectivity index is 1.34. The summed E-state index contributed by atoms with van der Waals surface area (Å²) in [6, 6.07) is 8.11. The number of aromatic nitrogens is 6. The topological polar surface area (TPSA) is 64.1 Å². The zero-order chi connectivity index (χ0) is 18.2. The van der Waals surface area contributed by atoms with Crippen LogP contribution in [0.2, 0.25) is 0 Å². The molecule has 136 valence electrons. The van der Waals surface area contributed by atoms with Crippen molar-refractivity contribution in [3.05, 3.63) is 66.6 Å². The summed E-state index contributed by atoms with van der Waals surface area (Å²) in [4.78, 5) is 11.4. The van der Waals surface area contributed by atoms with Crippen molar-refractivity contribution in [3.8, 4) is 11.1 Å². The van der Waals surface area contributed by atoms with Gasteiger partial charge in [0.05, 0.1) is 6.20 Å². The van der Waals surface area contributed by atoms with Gasteiger partial charge in [0.25, 0.3) is 0 Å². The van der Waals surface area contributed by atoms with Gasteiger partial charge < -0.3 is 0 Å². The van der Waals surface area contributed by atoms with Crippen LogP contribution >= 0.6 is 0 Å². The van der Waals surface area contributed by atoms with Gasteiger partial charge in [0.15, 0.2) is 11.5 Å². The molecule has 4 aromatic rings. The lowest BCUT2D eigenvalue weighted by molar-refractivity contribution is 0.325. The van der Waals surface area contributed by atoms with Crippen LogP contribution in [0.5, 0.6) is 0 Å². The van der Waals surface area contributed by atoms with Gasteiger partial charge in [0, 0.05) is 67.5 Å². The van der Waals surface area contributed by atoms with Crippen LogP contribution in [-0.4, -0.2) is 47.4 Å². The highest BCUT2D eigenvalue weighted by Gasteiger charge is 2.27. The average molecular weight is 359 g/mol. The van der Waals surface area contributed by atoms with E-state index in [0.29, 0.717) is 5.92 Å². The third kappa shape index (κ3) is 3.21. The predicted octanol–water partition coefficient (Wildman–Crippen LogP) is 2.51. The van der Waals surface area contributed by atoms with Crippen LogP contribution in [0.25, 0.3) is 16.8 Å². The maximum Gasteiger partial charge on any atom is 0.156 e. The Bertz CT molecular complexity index is 1070.